The van der Waals surface area contributed by atoms with Gasteiger partial charge < -0.3 is 14.3 Å². The summed E-state index contributed by atoms with van der Waals surface area (Å²) in [4.78, 5) is 7.17. The van der Waals surface area contributed by atoms with E-state index in [4.69, 9.17) is 17.0 Å². The number of imidazole rings is 1. The van der Waals surface area contributed by atoms with Crippen molar-refractivity contribution < 1.29 is 9.13 Å². The Bertz CT molecular complexity index is 807. The minimum absolute atomic E-state index is 0.285. The van der Waals surface area contributed by atoms with Crippen molar-refractivity contribution in [3.63, 3.8) is 0 Å². The Morgan fingerprint density at radius 3 is 2.90 bits per heavy atom. The van der Waals surface area contributed by atoms with Crippen LogP contribution in [0.3, 0.4) is 0 Å². The van der Waals surface area contributed by atoms with E-state index in [1.165, 1.54) is 12.1 Å². The number of fused-ring (bicyclic) bond motifs is 1. The van der Waals surface area contributed by atoms with Crippen LogP contribution in [-0.2, 0) is 6.54 Å². The first-order valence-corrected chi connectivity index (χ1v) is 6.45. The van der Waals surface area contributed by atoms with Crippen molar-refractivity contribution in [2.75, 3.05) is 7.11 Å². The molecule has 0 bridgehead atoms. The average Bonchev–Trinajstić information content (AvgIpc) is 2.75. The Hall–Kier alpha value is -2.21. The number of ether oxygens (including phenoxy) is 1. The summed E-state index contributed by atoms with van der Waals surface area (Å²) in [6, 6.07) is 8.30. The van der Waals surface area contributed by atoms with Gasteiger partial charge in [-0.2, -0.15) is 0 Å². The lowest BCUT2D eigenvalue weighted by Gasteiger charge is -2.05. The Labute approximate surface area is 119 Å². The number of H-pyrrole nitrogens is 1. The van der Waals surface area contributed by atoms with E-state index in [2.05, 4.69) is 9.97 Å². The van der Waals surface area contributed by atoms with E-state index in [1.807, 2.05) is 10.6 Å². The number of nitrogens with one attached hydrogen (secondary N) is 1. The molecular weight excluding hydrogens is 277 g/mol. The molecule has 1 N–H and O–H groups in total. The number of halogens is 1. The maximum absolute atomic E-state index is 13.2. The molecule has 3 rings (SSSR count). The van der Waals surface area contributed by atoms with Crippen molar-refractivity contribution >= 4 is 23.3 Å². The minimum atomic E-state index is -0.285. The Morgan fingerprint density at radius 1 is 1.35 bits per heavy atom. The predicted octanol–water partition coefficient (Wildman–Crippen LogP) is 3.29. The van der Waals surface area contributed by atoms with Gasteiger partial charge in [0.2, 0.25) is 5.88 Å². The largest absolute Gasteiger partial charge is 0.481 e. The average molecular weight is 289 g/mol. The lowest BCUT2D eigenvalue weighted by atomic mass is 10.2. The maximum atomic E-state index is 13.2. The van der Waals surface area contributed by atoms with Crippen LogP contribution in [0.1, 0.15) is 5.56 Å². The van der Waals surface area contributed by atoms with Crippen molar-refractivity contribution in [3.05, 3.63) is 52.7 Å². The molecule has 0 aliphatic carbocycles. The summed E-state index contributed by atoms with van der Waals surface area (Å²) < 4.78 is 20.7. The van der Waals surface area contributed by atoms with E-state index in [0.29, 0.717) is 22.7 Å². The molecule has 0 fully saturated rings. The van der Waals surface area contributed by atoms with Gasteiger partial charge >= 0.3 is 0 Å². The molecule has 0 aliphatic rings. The molecule has 0 saturated carbocycles. The van der Waals surface area contributed by atoms with Crippen molar-refractivity contribution in [3.8, 4) is 5.88 Å². The third-order valence-electron chi connectivity index (χ3n) is 3.08. The molecule has 0 unspecified atom stereocenters. The van der Waals surface area contributed by atoms with E-state index >= 15 is 0 Å². The summed E-state index contributed by atoms with van der Waals surface area (Å²) in [7, 11) is 1.58. The molecule has 20 heavy (non-hydrogen) atoms. The van der Waals surface area contributed by atoms with Crippen LogP contribution in [0, 0.1) is 10.6 Å². The molecule has 4 nitrogen and oxygen atoms in total. The van der Waals surface area contributed by atoms with E-state index in [0.717, 1.165) is 11.1 Å². The Kier molecular flexibility index (Phi) is 3.23. The summed E-state index contributed by atoms with van der Waals surface area (Å²) >= 11 is 5.28. The van der Waals surface area contributed by atoms with Gasteiger partial charge in [-0.15, -0.1) is 0 Å². The van der Waals surface area contributed by atoms with Gasteiger partial charge in [0, 0.05) is 12.3 Å². The zero-order valence-corrected chi connectivity index (χ0v) is 11.6. The monoisotopic (exact) mass is 289 g/mol. The number of nitrogens with zero attached hydrogens (tertiary/aromatic N) is 2. The van der Waals surface area contributed by atoms with Crippen LogP contribution in [0.2, 0.25) is 0 Å². The van der Waals surface area contributed by atoms with Gasteiger partial charge in [0.15, 0.2) is 4.77 Å². The van der Waals surface area contributed by atoms with Crippen LogP contribution >= 0.6 is 12.2 Å². The number of methoxy groups -OCH3 is 1. The number of rotatable bonds is 3. The second-order valence-electron chi connectivity index (χ2n) is 4.39. The molecule has 0 atom stereocenters. The number of aromatic nitrogens is 3. The quantitative estimate of drug-likeness (QED) is 0.752. The summed E-state index contributed by atoms with van der Waals surface area (Å²) in [6.45, 7) is 0.571. The summed E-state index contributed by atoms with van der Waals surface area (Å²) in [5.41, 5.74) is 2.55. The molecule has 2 aromatic heterocycles. The minimum Gasteiger partial charge on any atom is -0.481 e. The summed E-state index contributed by atoms with van der Waals surface area (Å²) in [5.74, 6) is 0.283. The topological polar surface area (TPSA) is 42.8 Å². The normalized spacial score (nSPS) is 10.9. The van der Waals surface area contributed by atoms with E-state index in [9.17, 15) is 4.39 Å². The molecule has 0 saturated heterocycles. The van der Waals surface area contributed by atoms with E-state index < -0.39 is 0 Å². The molecule has 3 aromatic rings. The van der Waals surface area contributed by atoms with Gasteiger partial charge in [0.05, 0.1) is 24.7 Å². The first kappa shape index (κ1) is 12.8. The number of hydrogen-bond donors (Lipinski definition) is 1. The summed E-state index contributed by atoms with van der Waals surface area (Å²) in [5, 5.41) is 0. The standard InChI is InChI=1S/C14H12FN3OS/c1-19-13-5-2-9(7-16-13)8-18-12-4-3-10(15)6-11(12)17-14(18)20/h2-7H,8H2,1H3,(H,17,20). The van der Waals surface area contributed by atoms with Crippen molar-refractivity contribution in [2.45, 2.75) is 6.54 Å². The first-order chi connectivity index (χ1) is 9.67. The molecule has 2 heterocycles. The maximum Gasteiger partial charge on any atom is 0.212 e. The fourth-order valence-corrected chi connectivity index (χ4v) is 2.37. The SMILES string of the molecule is COc1ccc(Cn2c(=S)[nH]c3cc(F)ccc32)cn1. The smallest absolute Gasteiger partial charge is 0.212 e. The number of pyridine rings is 1. The molecular formula is C14H12FN3OS. The highest BCUT2D eigenvalue weighted by molar-refractivity contribution is 7.71. The van der Waals surface area contributed by atoms with Crippen molar-refractivity contribution in [1.29, 1.82) is 0 Å². The van der Waals surface area contributed by atoms with Gasteiger partial charge in [0.25, 0.3) is 0 Å². The molecule has 0 amide bonds. The third kappa shape index (κ3) is 2.30. The molecule has 102 valence electrons. The van der Waals surface area contributed by atoms with Crippen LogP contribution in [0.4, 0.5) is 4.39 Å². The van der Waals surface area contributed by atoms with Gasteiger partial charge in [-0.25, -0.2) is 9.37 Å². The Morgan fingerprint density at radius 2 is 2.20 bits per heavy atom. The third-order valence-corrected chi connectivity index (χ3v) is 3.41. The highest BCUT2D eigenvalue weighted by atomic mass is 32.1. The number of hydrogen-bond acceptors (Lipinski definition) is 3. The highest BCUT2D eigenvalue weighted by Gasteiger charge is 2.06. The fraction of sp³-hybridized carbons (Fsp3) is 0.143. The van der Waals surface area contributed by atoms with Gasteiger partial charge in [-0.1, -0.05) is 6.07 Å². The highest BCUT2D eigenvalue weighted by Crippen LogP contribution is 2.17. The van der Waals surface area contributed by atoms with Crippen LogP contribution in [0.5, 0.6) is 5.88 Å². The van der Waals surface area contributed by atoms with Crippen LogP contribution in [0.25, 0.3) is 11.0 Å². The van der Waals surface area contributed by atoms with Gasteiger partial charge in [0.1, 0.15) is 5.82 Å². The molecule has 6 heteroatoms. The number of aromatic amines is 1. The predicted molar refractivity (Wildman–Crippen MR) is 77.0 cm³/mol. The van der Waals surface area contributed by atoms with Gasteiger partial charge in [-0.05, 0) is 36.0 Å². The van der Waals surface area contributed by atoms with Crippen LogP contribution in [0.15, 0.2) is 36.5 Å². The molecule has 0 radical (unpaired) electrons. The molecule has 0 spiro atoms. The summed E-state index contributed by atoms with van der Waals surface area (Å²) in [6.07, 6.45) is 1.74. The zero-order chi connectivity index (χ0) is 14.1. The molecule has 1 aromatic carbocycles. The first-order valence-electron chi connectivity index (χ1n) is 6.04. The van der Waals surface area contributed by atoms with E-state index in [1.54, 1.807) is 25.4 Å². The van der Waals surface area contributed by atoms with Crippen molar-refractivity contribution in [2.24, 2.45) is 0 Å². The van der Waals surface area contributed by atoms with Crippen LogP contribution < -0.4 is 4.74 Å². The Balaban J connectivity index is 2.01. The fourth-order valence-electron chi connectivity index (χ4n) is 2.10. The zero-order valence-electron chi connectivity index (χ0n) is 10.8. The van der Waals surface area contributed by atoms with Crippen LogP contribution in [-0.4, -0.2) is 21.6 Å². The second-order valence-corrected chi connectivity index (χ2v) is 4.77. The van der Waals surface area contributed by atoms with E-state index in [-0.39, 0.29) is 5.82 Å². The number of benzene rings is 1. The lowest BCUT2D eigenvalue weighted by Crippen LogP contribution is -2.00. The second kappa shape index (κ2) is 5.05. The lowest BCUT2D eigenvalue weighted by molar-refractivity contribution is 0.397. The molecule has 0 aliphatic heterocycles. The van der Waals surface area contributed by atoms with Crippen molar-refractivity contribution in [1.82, 2.24) is 14.5 Å². The van der Waals surface area contributed by atoms with Gasteiger partial charge in [-0.3, -0.25) is 0 Å².